The van der Waals surface area contributed by atoms with Crippen LogP contribution in [0.2, 0.25) is 0 Å². The lowest BCUT2D eigenvalue weighted by atomic mass is 9.93. The first kappa shape index (κ1) is 15.8. The topological polar surface area (TPSA) is 87.7 Å². The van der Waals surface area contributed by atoms with Crippen molar-refractivity contribution in [2.75, 3.05) is 13.2 Å². The number of urea groups is 1. The molecule has 1 rings (SSSR count). The van der Waals surface area contributed by atoms with Gasteiger partial charge in [-0.15, -0.1) is 0 Å². The first-order valence-electron chi connectivity index (χ1n) is 6.71. The summed E-state index contributed by atoms with van der Waals surface area (Å²) in [7, 11) is 0. The molecule has 110 valence electrons. The number of hydrogen-bond donors (Lipinski definition) is 3. The second-order valence-electron chi connectivity index (χ2n) is 5.79. The number of rotatable bonds is 5. The number of carbonyl (C=O) groups excluding carboxylic acids is 1. The number of aliphatic carboxylic acids is 1. The van der Waals surface area contributed by atoms with Gasteiger partial charge in [0.25, 0.3) is 0 Å². The summed E-state index contributed by atoms with van der Waals surface area (Å²) in [6.45, 7) is 7.04. The minimum Gasteiger partial charge on any atom is -0.480 e. The lowest BCUT2D eigenvalue weighted by Gasteiger charge is -2.34. The summed E-state index contributed by atoms with van der Waals surface area (Å²) in [5, 5.41) is 14.5. The monoisotopic (exact) mass is 272 g/mol. The standard InChI is InChI=1S/C13H24N2O4/c1-9(2)8-10(11(16)17)14-12(18)15-13(3)4-6-19-7-5-13/h9-10H,4-8H2,1-3H3,(H,16,17)(H2,14,15,18). The van der Waals surface area contributed by atoms with Crippen LogP contribution in [0.4, 0.5) is 4.79 Å². The van der Waals surface area contributed by atoms with E-state index in [4.69, 9.17) is 9.84 Å². The first-order chi connectivity index (χ1) is 8.82. The Morgan fingerprint density at radius 1 is 1.32 bits per heavy atom. The second kappa shape index (κ2) is 6.75. The average molecular weight is 272 g/mol. The Morgan fingerprint density at radius 2 is 1.89 bits per heavy atom. The van der Waals surface area contributed by atoms with Crippen molar-refractivity contribution >= 4 is 12.0 Å². The van der Waals surface area contributed by atoms with Gasteiger partial charge in [0.05, 0.1) is 0 Å². The molecule has 0 aromatic heterocycles. The average Bonchev–Trinajstić information content (AvgIpc) is 2.27. The van der Waals surface area contributed by atoms with Crippen LogP contribution < -0.4 is 10.6 Å². The molecular formula is C13H24N2O4. The van der Waals surface area contributed by atoms with Gasteiger partial charge in [-0.2, -0.15) is 0 Å². The van der Waals surface area contributed by atoms with Gasteiger partial charge in [0.2, 0.25) is 0 Å². The summed E-state index contributed by atoms with van der Waals surface area (Å²) in [5.74, 6) is -0.791. The summed E-state index contributed by atoms with van der Waals surface area (Å²) in [4.78, 5) is 23.0. The van der Waals surface area contributed by atoms with Gasteiger partial charge >= 0.3 is 12.0 Å². The molecule has 0 aliphatic carbocycles. The molecule has 6 heteroatoms. The highest BCUT2D eigenvalue weighted by Gasteiger charge is 2.30. The van der Waals surface area contributed by atoms with E-state index in [1.54, 1.807) is 0 Å². The molecular weight excluding hydrogens is 248 g/mol. The Labute approximate surface area is 113 Å². The van der Waals surface area contributed by atoms with E-state index in [1.165, 1.54) is 0 Å². The molecule has 0 spiro atoms. The third-order valence-electron chi connectivity index (χ3n) is 3.32. The molecule has 1 heterocycles. The Balaban J connectivity index is 2.50. The van der Waals surface area contributed by atoms with E-state index in [9.17, 15) is 9.59 Å². The zero-order valence-corrected chi connectivity index (χ0v) is 11.9. The van der Waals surface area contributed by atoms with E-state index in [2.05, 4.69) is 10.6 Å². The summed E-state index contributed by atoms with van der Waals surface area (Å²) in [6.07, 6.45) is 1.90. The number of amides is 2. The molecule has 1 saturated heterocycles. The maximum atomic E-state index is 11.9. The molecule has 1 unspecified atom stereocenters. The number of hydrogen-bond acceptors (Lipinski definition) is 3. The first-order valence-corrected chi connectivity index (χ1v) is 6.71. The molecule has 6 nitrogen and oxygen atoms in total. The summed E-state index contributed by atoms with van der Waals surface area (Å²) in [6, 6.07) is -1.26. The van der Waals surface area contributed by atoms with Crippen molar-refractivity contribution < 1.29 is 19.4 Å². The molecule has 3 N–H and O–H groups in total. The third kappa shape index (κ3) is 5.46. The van der Waals surface area contributed by atoms with Gasteiger partial charge in [0.1, 0.15) is 6.04 Å². The minimum atomic E-state index is -0.999. The normalized spacial score (nSPS) is 19.8. The van der Waals surface area contributed by atoms with Crippen molar-refractivity contribution in [2.45, 2.75) is 51.6 Å². The van der Waals surface area contributed by atoms with Crippen LogP contribution in [0.3, 0.4) is 0 Å². The molecule has 1 atom stereocenters. The molecule has 0 aromatic rings. The number of carboxylic acid groups (broad SMARTS) is 1. The third-order valence-corrected chi connectivity index (χ3v) is 3.32. The molecule has 1 aliphatic heterocycles. The van der Waals surface area contributed by atoms with Gasteiger partial charge in [0.15, 0.2) is 0 Å². The summed E-state index contributed by atoms with van der Waals surface area (Å²) in [5.41, 5.74) is -0.316. The quantitative estimate of drug-likeness (QED) is 0.705. The van der Waals surface area contributed by atoms with E-state index in [1.807, 2.05) is 20.8 Å². The Morgan fingerprint density at radius 3 is 2.37 bits per heavy atom. The molecule has 19 heavy (non-hydrogen) atoms. The smallest absolute Gasteiger partial charge is 0.326 e. The molecule has 0 bridgehead atoms. The fourth-order valence-corrected chi connectivity index (χ4v) is 2.11. The Hall–Kier alpha value is -1.30. The van der Waals surface area contributed by atoms with Crippen LogP contribution in [-0.2, 0) is 9.53 Å². The fourth-order valence-electron chi connectivity index (χ4n) is 2.11. The molecule has 0 radical (unpaired) electrons. The highest BCUT2D eigenvalue weighted by molar-refractivity contribution is 5.82. The number of ether oxygens (including phenoxy) is 1. The predicted octanol–water partition coefficient (Wildman–Crippen LogP) is 1.35. The maximum Gasteiger partial charge on any atom is 0.326 e. The van der Waals surface area contributed by atoms with Crippen LogP contribution in [0.1, 0.15) is 40.0 Å². The van der Waals surface area contributed by atoms with E-state index in [-0.39, 0.29) is 11.5 Å². The molecule has 2 amide bonds. The highest BCUT2D eigenvalue weighted by Crippen LogP contribution is 2.19. The Kier molecular flexibility index (Phi) is 5.60. The zero-order valence-electron chi connectivity index (χ0n) is 11.9. The van der Waals surface area contributed by atoms with Gasteiger partial charge in [0, 0.05) is 18.8 Å². The zero-order chi connectivity index (χ0) is 14.5. The van der Waals surface area contributed by atoms with Gasteiger partial charge < -0.3 is 20.5 Å². The van der Waals surface area contributed by atoms with Crippen LogP contribution in [-0.4, -0.2) is 41.9 Å². The molecule has 1 fully saturated rings. The van der Waals surface area contributed by atoms with E-state index >= 15 is 0 Å². The van der Waals surface area contributed by atoms with Gasteiger partial charge in [-0.3, -0.25) is 0 Å². The largest absolute Gasteiger partial charge is 0.480 e. The van der Waals surface area contributed by atoms with Crippen molar-refractivity contribution in [1.82, 2.24) is 10.6 Å². The van der Waals surface area contributed by atoms with Gasteiger partial charge in [-0.1, -0.05) is 13.8 Å². The maximum absolute atomic E-state index is 11.9. The number of carbonyl (C=O) groups is 2. The van der Waals surface area contributed by atoms with Crippen LogP contribution in [0.15, 0.2) is 0 Å². The van der Waals surface area contributed by atoms with Crippen molar-refractivity contribution in [3.8, 4) is 0 Å². The predicted molar refractivity (Wildman–Crippen MR) is 71.0 cm³/mol. The van der Waals surface area contributed by atoms with E-state index in [0.717, 1.165) is 12.8 Å². The minimum absolute atomic E-state index is 0.208. The lowest BCUT2D eigenvalue weighted by molar-refractivity contribution is -0.139. The SMILES string of the molecule is CC(C)CC(NC(=O)NC1(C)CCOCC1)C(=O)O. The van der Waals surface area contributed by atoms with Gasteiger partial charge in [-0.25, -0.2) is 9.59 Å². The second-order valence-corrected chi connectivity index (χ2v) is 5.79. The van der Waals surface area contributed by atoms with Crippen LogP contribution in [0.25, 0.3) is 0 Å². The van der Waals surface area contributed by atoms with Crippen LogP contribution in [0, 0.1) is 5.92 Å². The van der Waals surface area contributed by atoms with Gasteiger partial charge in [-0.05, 0) is 32.1 Å². The number of carboxylic acids is 1. The molecule has 1 aliphatic rings. The van der Waals surface area contributed by atoms with E-state index in [0.29, 0.717) is 19.6 Å². The lowest BCUT2D eigenvalue weighted by Crippen LogP contribution is -2.55. The fraction of sp³-hybridized carbons (Fsp3) is 0.846. The Bertz CT molecular complexity index is 325. The highest BCUT2D eigenvalue weighted by atomic mass is 16.5. The molecule has 0 aromatic carbocycles. The summed E-state index contributed by atoms with van der Waals surface area (Å²) >= 11 is 0. The van der Waals surface area contributed by atoms with E-state index < -0.39 is 18.0 Å². The van der Waals surface area contributed by atoms with Crippen LogP contribution >= 0.6 is 0 Å². The van der Waals surface area contributed by atoms with Crippen LogP contribution in [0.5, 0.6) is 0 Å². The van der Waals surface area contributed by atoms with Crippen molar-refractivity contribution in [2.24, 2.45) is 5.92 Å². The summed E-state index contributed by atoms with van der Waals surface area (Å²) < 4.78 is 5.25. The number of nitrogens with one attached hydrogen (secondary N) is 2. The van der Waals surface area contributed by atoms with Crippen molar-refractivity contribution in [3.05, 3.63) is 0 Å². The van der Waals surface area contributed by atoms with Crippen molar-refractivity contribution in [3.63, 3.8) is 0 Å². The van der Waals surface area contributed by atoms with Crippen molar-refractivity contribution in [1.29, 1.82) is 0 Å². The molecule has 0 saturated carbocycles.